The number of halogens is 1. The molecule has 0 heterocycles. The Balaban J connectivity index is 2.32. The number of sulfonamides is 1. The zero-order valence-electron chi connectivity index (χ0n) is 10.8. The van der Waals surface area contributed by atoms with Crippen LogP contribution in [0.2, 0.25) is 0 Å². The van der Waals surface area contributed by atoms with Crippen molar-refractivity contribution in [3.8, 4) is 0 Å². The molecule has 106 valence electrons. The number of aliphatic hydroxyl groups excluding tert-OH is 1. The van der Waals surface area contributed by atoms with E-state index in [0.717, 1.165) is 5.56 Å². The van der Waals surface area contributed by atoms with Gasteiger partial charge in [0.15, 0.2) is 0 Å². The van der Waals surface area contributed by atoms with Crippen LogP contribution >= 0.6 is 15.9 Å². The first-order valence-corrected chi connectivity index (χ1v) is 8.19. The lowest BCUT2D eigenvalue weighted by atomic mass is 10.2. The van der Waals surface area contributed by atoms with Crippen molar-refractivity contribution < 1.29 is 13.5 Å². The molecule has 0 atom stereocenters. The van der Waals surface area contributed by atoms with Gasteiger partial charge in [0, 0.05) is 4.47 Å². The normalized spacial score (nSPS) is 11.3. The largest absolute Gasteiger partial charge is 0.392 e. The lowest BCUT2D eigenvalue weighted by Gasteiger charge is -2.11. The highest BCUT2D eigenvalue weighted by atomic mass is 79.9. The molecule has 0 amide bonds. The molecule has 0 aromatic heterocycles. The number of anilines is 1. The van der Waals surface area contributed by atoms with E-state index < -0.39 is 10.0 Å². The summed E-state index contributed by atoms with van der Waals surface area (Å²) in [5, 5.41) is 8.96. The van der Waals surface area contributed by atoms with Crippen LogP contribution < -0.4 is 4.72 Å². The van der Waals surface area contributed by atoms with E-state index >= 15 is 0 Å². The van der Waals surface area contributed by atoms with Gasteiger partial charge in [-0.1, -0.05) is 18.2 Å². The molecule has 0 aliphatic rings. The van der Waals surface area contributed by atoms with Gasteiger partial charge < -0.3 is 5.11 Å². The summed E-state index contributed by atoms with van der Waals surface area (Å²) in [6.45, 7) is 1.78. The molecule has 6 heteroatoms. The van der Waals surface area contributed by atoms with Crippen LogP contribution in [0.1, 0.15) is 11.1 Å². The molecule has 2 N–H and O–H groups in total. The Morgan fingerprint density at radius 1 is 1.15 bits per heavy atom. The van der Waals surface area contributed by atoms with E-state index in [9.17, 15) is 8.42 Å². The number of hydrogen-bond acceptors (Lipinski definition) is 3. The summed E-state index contributed by atoms with van der Waals surface area (Å²) >= 11 is 3.32. The summed E-state index contributed by atoms with van der Waals surface area (Å²) in [5.74, 6) is 0. The summed E-state index contributed by atoms with van der Waals surface area (Å²) in [6.07, 6.45) is 0. The predicted octanol–water partition coefficient (Wildman–Crippen LogP) is 3.05. The predicted molar refractivity (Wildman–Crippen MR) is 82.1 cm³/mol. The van der Waals surface area contributed by atoms with Crippen molar-refractivity contribution in [2.24, 2.45) is 0 Å². The molecule has 0 saturated heterocycles. The Kier molecular flexibility index (Phi) is 4.47. The maximum absolute atomic E-state index is 12.3. The van der Waals surface area contributed by atoms with Crippen molar-refractivity contribution in [3.63, 3.8) is 0 Å². The Morgan fingerprint density at radius 3 is 2.40 bits per heavy atom. The minimum atomic E-state index is -3.64. The topological polar surface area (TPSA) is 66.4 Å². The standard InChI is InChI=1S/C14H14BrNO3S/c1-10-2-7-13(15)14(8-10)16-20(18,19)12-5-3-11(9-17)4-6-12/h2-8,16-17H,9H2,1H3. The van der Waals surface area contributed by atoms with Gasteiger partial charge in [-0.3, -0.25) is 4.72 Å². The van der Waals surface area contributed by atoms with Crippen LogP contribution in [0.5, 0.6) is 0 Å². The van der Waals surface area contributed by atoms with Gasteiger partial charge in [-0.25, -0.2) is 8.42 Å². The zero-order chi connectivity index (χ0) is 14.8. The van der Waals surface area contributed by atoms with Crippen LogP contribution in [0.15, 0.2) is 51.8 Å². The second kappa shape index (κ2) is 5.95. The van der Waals surface area contributed by atoms with Crippen molar-refractivity contribution in [1.29, 1.82) is 0 Å². The first-order valence-electron chi connectivity index (χ1n) is 5.91. The van der Waals surface area contributed by atoms with Crippen molar-refractivity contribution in [2.75, 3.05) is 4.72 Å². The number of benzene rings is 2. The third-order valence-electron chi connectivity index (χ3n) is 2.78. The number of aryl methyl sites for hydroxylation is 1. The van der Waals surface area contributed by atoms with E-state index in [1.807, 2.05) is 13.0 Å². The number of nitrogens with one attached hydrogen (secondary N) is 1. The molecule has 0 radical (unpaired) electrons. The highest BCUT2D eigenvalue weighted by Gasteiger charge is 2.15. The van der Waals surface area contributed by atoms with E-state index in [0.29, 0.717) is 15.7 Å². The van der Waals surface area contributed by atoms with E-state index in [4.69, 9.17) is 5.11 Å². The van der Waals surface area contributed by atoms with Crippen LogP contribution in [0.3, 0.4) is 0 Å². The fraction of sp³-hybridized carbons (Fsp3) is 0.143. The first-order chi connectivity index (χ1) is 9.42. The van der Waals surface area contributed by atoms with E-state index in [2.05, 4.69) is 20.7 Å². The molecular weight excluding hydrogens is 342 g/mol. The van der Waals surface area contributed by atoms with Crippen LogP contribution in [0.25, 0.3) is 0 Å². The minimum absolute atomic E-state index is 0.114. The Hall–Kier alpha value is -1.37. The van der Waals surface area contributed by atoms with Gasteiger partial charge in [-0.05, 0) is 58.2 Å². The molecule has 2 rings (SSSR count). The van der Waals surface area contributed by atoms with Crippen molar-refractivity contribution >= 4 is 31.6 Å². The number of rotatable bonds is 4. The highest BCUT2D eigenvalue weighted by molar-refractivity contribution is 9.10. The maximum atomic E-state index is 12.3. The van der Waals surface area contributed by atoms with Crippen molar-refractivity contribution in [1.82, 2.24) is 0 Å². The second-order valence-electron chi connectivity index (χ2n) is 4.39. The smallest absolute Gasteiger partial charge is 0.261 e. The molecule has 20 heavy (non-hydrogen) atoms. The maximum Gasteiger partial charge on any atom is 0.261 e. The minimum Gasteiger partial charge on any atom is -0.392 e. The van der Waals surface area contributed by atoms with Gasteiger partial charge in [0.2, 0.25) is 0 Å². The molecule has 0 fully saturated rings. The van der Waals surface area contributed by atoms with Gasteiger partial charge in [0.1, 0.15) is 0 Å². The summed E-state index contributed by atoms with van der Waals surface area (Å²) < 4.78 is 27.8. The molecule has 0 bridgehead atoms. The quantitative estimate of drug-likeness (QED) is 0.885. The Morgan fingerprint density at radius 2 is 1.80 bits per heavy atom. The monoisotopic (exact) mass is 355 g/mol. The third kappa shape index (κ3) is 3.39. The molecule has 2 aromatic rings. The average Bonchev–Trinajstić information content (AvgIpc) is 2.43. The van der Waals surface area contributed by atoms with Gasteiger partial charge in [-0.2, -0.15) is 0 Å². The van der Waals surface area contributed by atoms with Gasteiger partial charge in [-0.15, -0.1) is 0 Å². The highest BCUT2D eigenvalue weighted by Crippen LogP contribution is 2.26. The summed E-state index contributed by atoms with van der Waals surface area (Å²) in [6, 6.07) is 11.5. The zero-order valence-corrected chi connectivity index (χ0v) is 13.2. The van der Waals surface area contributed by atoms with Crippen LogP contribution in [-0.2, 0) is 16.6 Å². The van der Waals surface area contributed by atoms with Gasteiger partial charge in [0.25, 0.3) is 10.0 Å². The lowest BCUT2D eigenvalue weighted by molar-refractivity contribution is 0.282. The Labute approximate surface area is 126 Å². The first kappa shape index (κ1) is 15.0. The third-order valence-corrected chi connectivity index (χ3v) is 4.86. The average molecular weight is 356 g/mol. The summed E-state index contributed by atoms with van der Waals surface area (Å²) in [4.78, 5) is 0.156. The molecule has 4 nitrogen and oxygen atoms in total. The SMILES string of the molecule is Cc1ccc(Br)c(NS(=O)(=O)c2ccc(CO)cc2)c1. The fourth-order valence-corrected chi connectivity index (χ4v) is 3.24. The van der Waals surface area contributed by atoms with E-state index in [1.165, 1.54) is 12.1 Å². The molecule has 0 saturated carbocycles. The summed E-state index contributed by atoms with van der Waals surface area (Å²) in [5.41, 5.74) is 2.12. The Bertz CT molecular complexity index is 712. The van der Waals surface area contributed by atoms with Crippen LogP contribution in [0, 0.1) is 6.92 Å². The van der Waals surface area contributed by atoms with Crippen LogP contribution in [-0.4, -0.2) is 13.5 Å². The molecule has 2 aromatic carbocycles. The lowest BCUT2D eigenvalue weighted by Crippen LogP contribution is -2.13. The second-order valence-corrected chi connectivity index (χ2v) is 6.93. The van der Waals surface area contributed by atoms with E-state index in [-0.39, 0.29) is 11.5 Å². The van der Waals surface area contributed by atoms with Gasteiger partial charge >= 0.3 is 0 Å². The molecule has 0 unspecified atom stereocenters. The van der Waals surface area contributed by atoms with Crippen LogP contribution in [0.4, 0.5) is 5.69 Å². The van der Waals surface area contributed by atoms with E-state index in [1.54, 1.807) is 24.3 Å². The number of hydrogen-bond donors (Lipinski definition) is 2. The molecule has 0 aliphatic heterocycles. The fourth-order valence-electron chi connectivity index (χ4n) is 1.70. The molecule has 0 aliphatic carbocycles. The number of aliphatic hydroxyl groups is 1. The molecule has 0 spiro atoms. The summed E-state index contributed by atoms with van der Waals surface area (Å²) in [7, 11) is -3.64. The van der Waals surface area contributed by atoms with Crippen molar-refractivity contribution in [2.45, 2.75) is 18.4 Å². The van der Waals surface area contributed by atoms with Gasteiger partial charge in [0.05, 0.1) is 17.2 Å². The van der Waals surface area contributed by atoms with Crippen molar-refractivity contribution in [3.05, 3.63) is 58.1 Å². The molecular formula is C14H14BrNO3S.